The number of ether oxygens (including phenoxy) is 3. The number of hydrogen-bond acceptors (Lipinski definition) is 4. The van der Waals surface area contributed by atoms with Gasteiger partial charge in [0.2, 0.25) is 0 Å². The molecule has 0 unspecified atom stereocenters. The predicted molar refractivity (Wildman–Crippen MR) is 104 cm³/mol. The Hall–Kier alpha value is -2.89. The van der Waals surface area contributed by atoms with Crippen molar-refractivity contribution in [3.63, 3.8) is 0 Å². The molecule has 0 saturated heterocycles. The second-order valence-electron chi connectivity index (χ2n) is 5.64. The second kappa shape index (κ2) is 10.2. The van der Waals surface area contributed by atoms with Crippen LogP contribution in [-0.4, -0.2) is 40.9 Å². The minimum atomic E-state index is 0.694. The molecule has 0 aromatic heterocycles. The average Bonchev–Trinajstić information content (AvgIpc) is 2.70. The molecule has 0 amide bonds. The monoisotopic (exact) mass is 357 g/mol. The summed E-state index contributed by atoms with van der Waals surface area (Å²) in [5.74, 6) is 3.10. The summed E-state index contributed by atoms with van der Waals surface area (Å²) in [4.78, 5) is 4.25. The molecule has 140 valence electrons. The molecule has 0 atom stereocenters. The predicted octanol–water partition coefficient (Wildman–Crippen LogP) is 2.62. The molecule has 0 aliphatic carbocycles. The Bertz CT molecular complexity index is 715. The molecule has 0 saturated carbocycles. The van der Waals surface area contributed by atoms with Gasteiger partial charge in [-0.2, -0.15) is 0 Å². The molecule has 2 aromatic rings. The molecule has 0 fully saturated rings. The maximum atomic E-state index is 5.34. The highest BCUT2D eigenvalue weighted by Crippen LogP contribution is 2.27. The summed E-state index contributed by atoms with van der Waals surface area (Å²) in [6.07, 6.45) is 0.851. The van der Waals surface area contributed by atoms with Crippen LogP contribution >= 0.6 is 0 Å². The molecule has 0 heterocycles. The van der Waals surface area contributed by atoms with E-state index in [1.807, 2.05) is 42.5 Å². The van der Waals surface area contributed by atoms with Crippen molar-refractivity contribution in [1.29, 1.82) is 0 Å². The summed E-state index contributed by atoms with van der Waals surface area (Å²) in [6.45, 7) is 1.46. The fourth-order valence-electron chi connectivity index (χ4n) is 2.51. The highest BCUT2D eigenvalue weighted by molar-refractivity contribution is 5.79. The maximum Gasteiger partial charge on any atom is 0.191 e. The normalized spacial score (nSPS) is 11.0. The van der Waals surface area contributed by atoms with Crippen molar-refractivity contribution in [3.05, 3.63) is 53.6 Å². The lowest BCUT2D eigenvalue weighted by atomic mass is 10.1. The van der Waals surface area contributed by atoms with Crippen LogP contribution in [0, 0.1) is 0 Å². The zero-order chi connectivity index (χ0) is 18.8. The Morgan fingerprint density at radius 1 is 0.846 bits per heavy atom. The van der Waals surface area contributed by atoms with Gasteiger partial charge in [-0.3, -0.25) is 4.99 Å². The van der Waals surface area contributed by atoms with Gasteiger partial charge in [0.05, 0.1) is 21.3 Å². The Labute approximate surface area is 155 Å². The third-order valence-corrected chi connectivity index (χ3v) is 4.00. The number of aliphatic imine (C=N–C) groups is 1. The summed E-state index contributed by atoms with van der Waals surface area (Å²) >= 11 is 0. The van der Waals surface area contributed by atoms with Gasteiger partial charge in [0, 0.05) is 20.1 Å². The van der Waals surface area contributed by atoms with Crippen molar-refractivity contribution in [2.75, 3.05) is 34.9 Å². The van der Waals surface area contributed by atoms with Crippen molar-refractivity contribution in [1.82, 2.24) is 10.6 Å². The standard InChI is InChI=1S/C20H27N3O3/c1-21-20(23-14-16-5-8-17(24-2)9-6-16)22-12-11-15-7-10-18(25-3)19(13-15)26-4/h5-10,13H,11-12,14H2,1-4H3,(H2,21,22,23). The number of guanidine groups is 1. The van der Waals surface area contributed by atoms with Gasteiger partial charge in [-0.1, -0.05) is 18.2 Å². The highest BCUT2D eigenvalue weighted by atomic mass is 16.5. The van der Waals surface area contributed by atoms with Crippen molar-refractivity contribution in [2.24, 2.45) is 4.99 Å². The van der Waals surface area contributed by atoms with E-state index in [9.17, 15) is 0 Å². The molecule has 0 radical (unpaired) electrons. The molecule has 2 N–H and O–H groups in total. The van der Waals surface area contributed by atoms with Gasteiger partial charge < -0.3 is 24.8 Å². The number of methoxy groups -OCH3 is 3. The largest absolute Gasteiger partial charge is 0.497 e. The van der Waals surface area contributed by atoms with Gasteiger partial charge in [-0.25, -0.2) is 0 Å². The number of benzene rings is 2. The van der Waals surface area contributed by atoms with E-state index in [1.54, 1.807) is 28.4 Å². The van der Waals surface area contributed by atoms with Crippen LogP contribution in [-0.2, 0) is 13.0 Å². The highest BCUT2D eigenvalue weighted by Gasteiger charge is 2.05. The van der Waals surface area contributed by atoms with E-state index >= 15 is 0 Å². The third kappa shape index (κ3) is 5.58. The van der Waals surface area contributed by atoms with Crippen molar-refractivity contribution < 1.29 is 14.2 Å². The van der Waals surface area contributed by atoms with Crippen molar-refractivity contribution in [3.8, 4) is 17.2 Å². The Morgan fingerprint density at radius 2 is 1.54 bits per heavy atom. The lowest BCUT2D eigenvalue weighted by Gasteiger charge is -2.13. The minimum absolute atomic E-state index is 0.694. The van der Waals surface area contributed by atoms with Gasteiger partial charge in [0.15, 0.2) is 17.5 Å². The van der Waals surface area contributed by atoms with E-state index in [0.29, 0.717) is 6.54 Å². The third-order valence-electron chi connectivity index (χ3n) is 4.00. The minimum Gasteiger partial charge on any atom is -0.497 e. The summed E-state index contributed by atoms with van der Waals surface area (Å²) in [5.41, 5.74) is 2.33. The summed E-state index contributed by atoms with van der Waals surface area (Å²) in [5, 5.41) is 6.62. The van der Waals surface area contributed by atoms with Crippen LogP contribution in [0.2, 0.25) is 0 Å². The van der Waals surface area contributed by atoms with Crippen LogP contribution < -0.4 is 24.8 Å². The molecule has 0 aliphatic heterocycles. The van der Waals surface area contributed by atoms with Crippen molar-refractivity contribution >= 4 is 5.96 Å². The molecule has 2 rings (SSSR count). The Morgan fingerprint density at radius 3 is 2.15 bits per heavy atom. The topological polar surface area (TPSA) is 64.1 Å². The first-order valence-corrected chi connectivity index (χ1v) is 8.48. The van der Waals surface area contributed by atoms with Gasteiger partial charge in [0.1, 0.15) is 5.75 Å². The molecule has 6 heteroatoms. The molecule has 2 aromatic carbocycles. The smallest absolute Gasteiger partial charge is 0.191 e. The summed E-state index contributed by atoms with van der Waals surface area (Å²) in [7, 11) is 6.71. The maximum absolute atomic E-state index is 5.34. The fraction of sp³-hybridized carbons (Fsp3) is 0.350. The van der Waals surface area contributed by atoms with Crippen LogP contribution in [0.15, 0.2) is 47.5 Å². The van der Waals surface area contributed by atoms with Gasteiger partial charge >= 0.3 is 0 Å². The molecule has 0 spiro atoms. The summed E-state index contributed by atoms with van der Waals surface area (Å²) in [6, 6.07) is 13.9. The van der Waals surface area contributed by atoms with Gasteiger partial charge in [-0.05, 0) is 41.8 Å². The van der Waals surface area contributed by atoms with Crippen molar-refractivity contribution in [2.45, 2.75) is 13.0 Å². The molecule has 0 bridgehead atoms. The van der Waals surface area contributed by atoms with Gasteiger partial charge in [-0.15, -0.1) is 0 Å². The molecule has 0 aliphatic rings. The van der Waals surface area contributed by atoms with E-state index in [4.69, 9.17) is 14.2 Å². The first kappa shape index (κ1) is 19.4. The Kier molecular flexibility index (Phi) is 7.61. The molecular formula is C20H27N3O3. The van der Waals surface area contributed by atoms with E-state index in [2.05, 4.69) is 15.6 Å². The lowest BCUT2D eigenvalue weighted by molar-refractivity contribution is 0.354. The van der Waals surface area contributed by atoms with E-state index in [-0.39, 0.29) is 0 Å². The number of rotatable bonds is 8. The van der Waals surface area contributed by atoms with Gasteiger partial charge in [0.25, 0.3) is 0 Å². The zero-order valence-corrected chi connectivity index (χ0v) is 15.8. The average molecular weight is 357 g/mol. The van der Waals surface area contributed by atoms with Crippen LogP contribution in [0.25, 0.3) is 0 Å². The molecular weight excluding hydrogens is 330 g/mol. The zero-order valence-electron chi connectivity index (χ0n) is 15.8. The van der Waals surface area contributed by atoms with E-state index in [1.165, 1.54) is 5.56 Å². The Balaban J connectivity index is 1.81. The molecule has 6 nitrogen and oxygen atoms in total. The molecule has 26 heavy (non-hydrogen) atoms. The fourth-order valence-corrected chi connectivity index (χ4v) is 2.51. The quantitative estimate of drug-likeness (QED) is 0.562. The number of nitrogens with zero attached hydrogens (tertiary/aromatic N) is 1. The summed E-state index contributed by atoms with van der Waals surface area (Å²) < 4.78 is 15.8. The van der Waals surface area contributed by atoms with Crippen LogP contribution in [0.5, 0.6) is 17.2 Å². The van der Waals surface area contributed by atoms with Crippen LogP contribution in [0.3, 0.4) is 0 Å². The van der Waals surface area contributed by atoms with Crippen LogP contribution in [0.4, 0.5) is 0 Å². The van der Waals surface area contributed by atoms with E-state index < -0.39 is 0 Å². The van der Waals surface area contributed by atoms with E-state index in [0.717, 1.165) is 41.7 Å². The first-order valence-electron chi connectivity index (χ1n) is 8.48. The number of hydrogen-bond donors (Lipinski definition) is 2. The van der Waals surface area contributed by atoms with Crippen LogP contribution in [0.1, 0.15) is 11.1 Å². The lowest BCUT2D eigenvalue weighted by Crippen LogP contribution is -2.37. The second-order valence-corrected chi connectivity index (χ2v) is 5.64. The SMILES string of the molecule is CN=C(NCCc1ccc(OC)c(OC)c1)NCc1ccc(OC)cc1. The first-order chi connectivity index (χ1) is 12.7. The number of nitrogens with one attached hydrogen (secondary N) is 2.